The average Bonchev–Trinajstić information content (AvgIpc) is 3.38. The molecule has 4 aromatic rings. The highest BCUT2D eigenvalue weighted by Crippen LogP contribution is 2.26. The molecule has 0 bridgehead atoms. The van der Waals surface area contributed by atoms with Crippen LogP contribution in [-0.2, 0) is 0 Å². The van der Waals surface area contributed by atoms with E-state index in [4.69, 9.17) is 10.2 Å². The van der Waals surface area contributed by atoms with Crippen molar-refractivity contribution in [2.24, 2.45) is 0 Å². The summed E-state index contributed by atoms with van der Waals surface area (Å²) in [5.41, 5.74) is 8.60. The molecule has 0 aliphatic heterocycles. The molecule has 142 valence electrons. The fraction of sp³-hybridized carbons (Fsp3) is 0.167. The van der Waals surface area contributed by atoms with E-state index in [1.807, 2.05) is 31.3 Å². The highest BCUT2D eigenvalue weighted by molar-refractivity contribution is 5.58. The Morgan fingerprint density at radius 3 is 2.39 bits per heavy atom. The molecule has 0 fully saturated rings. The van der Waals surface area contributed by atoms with Crippen LogP contribution in [0.4, 0.5) is 14.6 Å². The first-order valence-corrected chi connectivity index (χ1v) is 8.37. The van der Waals surface area contributed by atoms with Gasteiger partial charge in [0.2, 0.25) is 5.89 Å². The second kappa shape index (κ2) is 7.14. The van der Waals surface area contributed by atoms with Crippen molar-refractivity contribution in [2.75, 3.05) is 5.73 Å². The van der Waals surface area contributed by atoms with Crippen molar-refractivity contribution in [1.29, 1.82) is 0 Å². The van der Waals surface area contributed by atoms with Gasteiger partial charge in [-0.15, -0.1) is 15.3 Å². The molecular formula is C18H15F2N7O. The average molecular weight is 383 g/mol. The van der Waals surface area contributed by atoms with E-state index < -0.39 is 12.3 Å². The van der Waals surface area contributed by atoms with Crippen LogP contribution in [0.3, 0.4) is 0 Å². The molecule has 0 unspecified atom stereocenters. The number of hydrogen-bond acceptors (Lipinski definition) is 7. The molecule has 8 nitrogen and oxygen atoms in total. The number of hydrogen-bond donors (Lipinski definition) is 1. The summed E-state index contributed by atoms with van der Waals surface area (Å²) < 4.78 is 31.8. The molecule has 2 N–H and O–H groups in total. The third-order valence-electron chi connectivity index (χ3n) is 4.26. The zero-order valence-electron chi connectivity index (χ0n) is 14.7. The van der Waals surface area contributed by atoms with Crippen LogP contribution in [0, 0.1) is 0 Å². The predicted molar refractivity (Wildman–Crippen MR) is 96.2 cm³/mol. The summed E-state index contributed by atoms with van der Waals surface area (Å²) in [5, 5.41) is 15.3. The zero-order chi connectivity index (χ0) is 19.7. The Balaban J connectivity index is 1.53. The number of nitrogen functional groups attached to an aromatic ring is 1. The predicted octanol–water partition coefficient (Wildman–Crippen LogP) is 3.52. The van der Waals surface area contributed by atoms with E-state index in [1.165, 1.54) is 0 Å². The van der Waals surface area contributed by atoms with E-state index in [0.717, 1.165) is 11.1 Å². The number of alkyl halides is 2. The molecule has 0 saturated heterocycles. The number of anilines is 1. The SMILES string of the molecule is C[C@H](c1ccc(-c2nnc(C(F)F)o2)cc1)n1cc(-c2ccc(N)nc2)nn1. The fourth-order valence-corrected chi connectivity index (χ4v) is 2.65. The second-order valence-corrected chi connectivity index (χ2v) is 6.10. The minimum absolute atomic E-state index is 0.0494. The first kappa shape index (κ1) is 17.7. The smallest absolute Gasteiger partial charge is 0.314 e. The van der Waals surface area contributed by atoms with Gasteiger partial charge in [-0.3, -0.25) is 0 Å². The van der Waals surface area contributed by atoms with Crippen LogP contribution in [0.2, 0.25) is 0 Å². The number of rotatable bonds is 5. The summed E-state index contributed by atoms with van der Waals surface area (Å²) in [4.78, 5) is 4.05. The second-order valence-electron chi connectivity index (χ2n) is 6.10. The van der Waals surface area contributed by atoms with Crippen LogP contribution >= 0.6 is 0 Å². The van der Waals surface area contributed by atoms with Crippen LogP contribution in [0.15, 0.2) is 53.2 Å². The fourth-order valence-electron chi connectivity index (χ4n) is 2.65. The molecule has 1 atom stereocenters. The Morgan fingerprint density at radius 1 is 1.00 bits per heavy atom. The van der Waals surface area contributed by atoms with Crippen LogP contribution in [0.1, 0.15) is 30.8 Å². The third kappa shape index (κ3) is 3.43. The molecule has 28 heavy (non-hydrogen) atoms. The molecule has 10 heteroatoms. The number of pyridine rings is 1. The monoisotopic (exact) mass is 383 g/mol. The van der Waals surface area contributed by atoms with Crippen LogP contribution in [-0.4, -0.2) is 30.2 Å². The van der Waals surface area contributed by atoms with Crippen LogP contribution < -0.4 is 5.73 Å². The molecular weight excluding hydrogens is 368 g/mol. The molecule has 3 aromatic heterocycles. The number of nitrogens with two attached hydrogens (primary N) is 1. The van der Waals surface area contributed by atoms with Gasteiger partial charge in [0.05, 0.1) is 12.2 Å². The first-order chi connectivity index (χ1) is 13.5. The van der Waals surface area contributed by atoms with Gasteiger partial charge < -0.3 is 10.2 Å². The van der Waals surface area contributed by atoms with Crippen molar-refractivity contribution in [3.8, 4) is 22.7 Å². The van der Waals surface area contributed by atoms with Gasteiger partial charge in [-0.25, -0.2) is 9.67 Å². The van der Waals surface area contributed by atoms with Crippen molar-refractivity contribution in [3.63, 3.8) is 0 Å². The normalized spacial score (nSPS) is 12.4. The maximum absolute atomic E-state index is 12.6. The minimum atomic E-state index is -2.79. The van der Waals surface area contributed by atoms with Crippen molar-refractivity contribution < 1.29 is 13.2 Å². The number of benzene rings is 1. The summed E-state index contributed by atoms with van der Waals surface area (Å²) in [6.07, 6.45) is 0.665. The van der Waals surface area contributed by atoms with Gasteiger partial charge in [0.1, 0.15) is 11.5 Å². The van der Waals surface area contributed by atoms with Gasteiger partial charge in [0.25, 0.3) is 5.89 Å². The van der Waals surface area contributed by atoms with Gasteiger partial charge in [0.15, 0.2) is 0 Å². The van der Waals surface area contributed by atoms with E-state index in [1.54, 1.807) is 29.1 Å². The maximum Gasteiger partial charge on any atom is 0.314 e. The lowest BCUT2D eigenvalue weighted by molar-refractivity contribution is 0.116. The van der Waals surface area contributed by atoms with E-state index in [-0.39, 0.29) is 11.9 Å². The lowest BCUT2D eigenvalue weighted by atomic mass is 10.1. The summed E-state index contributed by atoms with van der Waals surface area (Å²) in [5.74, 6) is -0.209. The number of nitrogens with zero attached hydrogens (tertiary/aromatic N) is 6. The van der Waals surface area contributed by atoms with E-state index in [9.17, 15) is 8.78 Å². The quantitative estimate of drug-likeness (QED) is 0.561. The van der Waals surface area contributed by atoms with Crippen molar-refractivity contribution in [3.05, 3.63) is 60.2 Å². The van der Waals surface area contributed by atoms with Crippen molar-refractivity contribution in [1.82, 2.24) is 30.2 Å². The van der Waals surface area contributed by atoms with E-state index in [0.29, 0.717) is 17.1 Å². The lowest BCUT2D eigenvalue weighted by Gasteiger charge is -2.11. The van der Waals surface area contributed by atoms with Crippen molar-refractivity contribution >= 4 is 5.82 Å². The Hall–Kier alpha value is -3.69. The molecule has 4 rings (SSSR count). The largest absolute Gasteiger partial charge is 0.415 e. The van der Waals surface area contributed by atoms with E-state index >= 15 is 0 Å². The van der Waals surface area contributed by atoms with Gasteiger partial charge >= 0.3 is 6.43 Å². The summed E-state index contributed by atoms with van der Waals surface area (Å²) in [6, 6.07) is 10.6. The molecule has 0 aliphatic rings. The standard InChI is InChI=1S/C18H15F2N7O/c1-10(27-9-14(23-26-27)13-6-7-15(21)22-8-13)11-2-4-12(5-3-11)17-24-25-18(28-17)16(19)20/h2-10,16H,1H3,(H2,21,22)/t10-/m1/s1. The topological polar surface area (TPSA) is 109 Å². The molecule has 0 radical (unpaired) electrons. The highest BCUT2D eigenvalue weighted by atomic mass is 19.3. The zero-order valence-corrected chi connectivity index (χ0v) is 14.7. The first-order valence-electron chi connectivity index (χ1n) is 8.37. The third-order valence-corrected chi connectivity index (χ3v) is 4.26. The van der Waals surface area contributed by atoms with E-state index in [2.05, 4.69) is 25.5 Å². The van der Waals surface area contributed by atoms with Gasteiger partial charge in [0, 0.05) is 17.3 Å². The lowest BCUT2D eigenvalue weighted by Crippen LogP contribution is -2.07. The Kier molecular flexibility index (Phi) is 4.52. The molecule has 3 heterocycles. The number of aromatic nitrogens is 6. The summed E-state index contributed by atoms with van der Waals surface area (Å²) >= 11 is 0. The number of halogens is 2. The minimum Gasteiger partial charge on any atom is -0.415 e. The van der Waals surface area contributed by atoms with Gasteiger partial charge in [-0.05, 0) is 36.8 Å². The summed E-state index contributed by atoms with van der Waals surface area (Å²) in [7, 11) is 0. The van der Waals surface area contributed by atoms with Gasteiger partial charge in [-0.2, -0.15) is 8.78 Å². The Morgan fingerprint density at radius 2 is 1.75 bits per heavy atom. The Labute approximate surface area is 158 Å². The summed E-state index contributed by atoms with van der Waals surface area (Å²) in [6.45, 7) is 1.97. The molecule has 0 spiro atoms. The van der Waals surface area contributed by atoms with Gasteiger partial charge in [-0.1, -0.05) is 17.3 Å². The molecule has 0 saturated carbocycles. The van der Waals surface area contributed by atoms with Crippen molar-refractivity contribution in [2.45, 2.75) is 19.4 Å². The molecule has 0 aliphatic carbocycles. The Bertz CT molecular complexity index is 1070. The maximum atomic E-state index is 12.6. The molecule has 1 aromatic carbocycles. The highest BCUT2D eigenvalue weighted by Gasteiger charge is 2.17. The molecule has 0 amide bonds. The van der Waals surface area contributed by atoms with Crippen LogP contribution in [0.25, 0.3) is 22.7 Å². The van der Waals surface area contributed by atoms with Crippen LogP contribution in [0.5, 0.6) is 0 Å².